The van der Waals surface area contributed by atoms with Gasteiger partial charge in [0.05, 0.1) is 16.8 Å². The van der Waals surface area contributed by atoms with E-state index >= 15 is 0 Å². The smallest absolute Gasteiger partial charge is 0.135 e. The van der Waals surface area contributed by atoms with Crippen molar-refractivity contribution in [1.82, 2.24) is 15.3 Å². The van der Waals surface area contributed by atoms with Gasteiger partial charge in [-0.15, -0.1) is 0 Å². The maximum atomic E-state index is 13.5. The first-order valence-electron chi connectivity index (χ1n) is 12.3. The number of likely N-dealkylation sites (N-methyl/N-ethyl adjacent to an activating group) is 1. The number of rotatable bonds is 9. The molecule has 184 valence electrons. The normalized spacial score (nSPS) is 23.6. The van der Waals surface area contributed by atoms with Crippen molar-refractivity contribution in [3.8, 4) is 11.3 Å². The fourth-order valence-electron chi connectivity index (χ4n) is 4.89. The van der Waals surface area contributed by atoms with Gasteiger partial charge in [0.25, 0.3) is 0 Å². The number of hydrogen-bond acceptors (Lipinski definition) is 6. The van der Waals surface area contributed by atoms with Gasteiger partial charge in [0, 0.05) is 24.3 Å². The van der Waals surface area contributed by atoms with E-state index in [4.69, 9.17) is 21.3 Å². The molecule has 1 aromatic carbocycles. The molecule has 0 amide bonds. The molecule has 6 nitrogen and oxygen atoms in total. The molecule has 2 unspecified atom stereocenters. The highest BCUT2D eigenvalue weighted by Crippen LogP contribution is 2.35. The average Bonchev–Trinajstić information content (AvgIpc) is 3.63. The summed E-state index contributed by atoms with van der Waals surface area (Å²) in [6.45, 7) is 0.482. The van der Waals surface area contributed by atoms with Crippen LogP contribution in [0.1, 0.15) is 37.7 Å². The van der Waals surface area contributed by atoms with Crippen LogP contribution in [0.2, 0.25) is 5.02 Å². The Morgan fingerprint density at radius 3 is 2.66 bits per heavy atom. The van der Waals surface area contributed by atoms with Crippen molar-refractivity contribution in [3.05, 3.63) is 71.1 Å². The van der Waals surface area contributed by atoms with Gasteiger partial charge in [-0.2, -0.15) is 0 Å². The summed E-state index contributed by atoms with van der Waals surface area (Å²) in [5.41, 5.74) is 2.44. The van der Waals surface area contributed by atoms with Crippen molar-refractivity contribution in [2.75, 3.05) is 17.7 Å². The maximum absolute atomic E-state index is 13.5. The third-order valence-electron chi connectivity index (χ3n) is 6.87. The third kappa shape index (κ3) is 6.28. The van der Waals surface area contributed by atoms with Gasteiger partial charge >= 0.3 is 0 Å². The average molecular weight is 496 g/mol. The largest absolute Gasteiger partial charge is 0.367 e. The second kappa shape index (κ2) is 10.9. The van der Waals surface area contributed by atoms with Crippen LogP contribution in [-0.2, 0) is 11.3 Å². The predicted molar refractivity (Wildman–Crippen MR) is 138 cm³/mol. The molecule has 2 aromatic heterocycles. The Morgan fingerprint density at radius 2 is 1.89 bits per heavy atom. The van der Waals surface area contributed by atoms with Crippen LogP contribution in [0.3, 0.4) is 0 Å². The van der Waals surface area contributed by atoms with Gasteiger partial charge in [0.2, 0.25) is 0 Å². The predicted octanol–water partition coefficient (Wildman–Crippen LogP) is 5.85. The first-order valence-corrected chi connectivity index (χ1v) is 12.7. The highest BCUT2D eigenvalue weighted by atomic mass is 35.5. The second-order valence-corrected chi connectivity index (χ2v) is 9.83. The Kier molecular flexibility index (Phi) is 7.46. The molecule has 3 heterocycles. The molecule has 35 heavy (non-hydrogen) atoms. The minimum atomic E-state index is -0.248. The zero-order chi connectivity index (χ0) is 24.2. The number of ether oxygens (including phenoxy) is 1. The van der Waals surface area contributed by atoms with Crippen LogP contribution in [0.5, 0.6) is 0 Å². The Hall–Kier alpha value is -2.74. The molecule has 1 saturated carbocycles. The van der Waals surface area contributed by atoms with Gasteiger partial charge in [-0.3, -0.25) is 5.32 Å². The molecule has 1 saturated heterocycles. The van der Waals surface area contributed by atoms with E-state index in [1.54, 1.807) is 12.3 Å². The quantitative estimate of drug-likeness (QED) is 0.323. The molecule has 5 rings (SSSR count). The van der Waals surface area contributed by atoms with E-state index in [9.17, 15) is 4.39 Å². The zero-order valence-electron chi connectivity index (χ0n) is 19.8. The molecule has 1 aliphatic carbocycles. The Labute approximate surface area is 210 Å². The Balaban J connectivity index is 1.20. The second-order valence-electron chi connectivity index (χ2n) is 9.42. The van der Waals surface area contributed by atoms with Gasteiger partial charge in [0.1, 0.15) is 23.7 Å². The monoisotopic (exact) mass is 495 g/mol. The number of nitrogens with zero attached hydrogens (tertiary/aromatic N) is 2. The number of nitrogens with one attached hydrogen (secondary N) is 3. The number of anilines is 2. The molecule has 2 aliphatic rings. The van der Waals surface area contributed by atoms with Crippen LogP contribution in [0.15, 0.2) is 54.7 Å². The fraction of sp³-hybridized carbons (Fsp3) is 0.407. The van der Waals surface area contributed by atoms with E-state index in [-0.39, 0.29) is 12.0 Å². The molecular formula is C27H31ClFN5O. The topological polar surface area (TPSA) is 74.4 Å². The van der Waals surface area contributed by atoms with Crippen molar-refractivity contribution in [2.45, 2.75) is 57.0 Å². The summed E-state index contributed by atoms with van der Waals surface area (Å²) in [6.07, 6.45) is 8.13. The molecule has 3 aromatic rings. The molecule has 0 radical (unpaired) electrons. The summed E-state index contributed by atoms with van der Waals surface area (Å²) < 4.78 is 19.1. The summed E-state index contributed by atoms with van der Waals surface area (Å²) in [6, 6.07) is 14.7. The van der Waals surface area contributed by atoms with E-state index in [1.807, 2.05) is 37.4 Å². The number of pyridine rings is 2. The molecule has 3 N–H and O–H groups in total. The fourth-order valence-corrected chi connectivity index (χ4v) is 5.09. The highest BCUT2D eigenvalue weighted by molar-refractivity contribution is 6.33. The summed E-state index contributed by atoms with van der Waals surface area (Å²) in [7, 11) is 1.95. The number of hydrogen-bond donors (Lipinski definition) is 3. The molecule has 2 fully saturated rings. The lowest BCUT2D eigenvalue weighted by Crippen LogP contribution is -2.27. The van der Waals surface area contributed by atoms with E-state index in [2.05, 4.69) is 20.9 Å². The Bertz CT molecular complexity index is 1150. The lowest BCUT2D eigenvalue weighted by atomic mass is 9.83. The van der Waals surface area contributed by atoms with Crippen LogP contribution >= 0.6 is 11.6 Å². The van der Waals surface area contributed by atoms with E-state index in [0.717, 1.165) is 47.8 Å². The van der Waals surface area contributed by atoms with E-state index < -0.39 is 0 Å². The number of benzene rings is 1. The maximum Gasteiger partial charge on any atom is 0.135 e. The number of aromatic nitrogens is 2. The van der Waals surface area contributed by atoms with Gasteiger partial charge in [-0.05, 0) is 81.0 Å². The van der Waals surface area contributed by atoms with Crippen LogP contribution in [0.25, 0.3) is 11.3 Å². The molecule has 8 heteroatoms. The SMILES string of the molecule is CNC1OC1CC1CCC(Nc2cc(-c3cccc(NCc4cccc(F)c4)n3)c(Cl)cn2)CC1. The number of halogens is 2. The summed E-state index contributed by atoms with van der Waals surface area (Å²) >= 11 is 6.50. The van der Waals surface area contributed by atoms with Crippen molar-refractivity contribution in [1.29, 1.82) is 0 Å². The molecule has 2 atom stereocenters. The summed E-state index contributed by atoms with van der Waals surface area (Å²) in [4.78, 5) is 9.24. The highest BCUT2D eigenvalue weighted by Gasteiger charge is 2.39. The van der Waals surface area contributed by atoms with E-state index in [1.165, 1.54) is 25.0 Å². The number of epoxide rings is 1. The van der Waals surface area contributed by atoms with Crippen LogP contribution in [-0.4, -0.2) is 35.4 Å². The molecule has 1 aliphatic heterocycles. The lowest BCUT2D eigenvalue weighted by Gasteiger charge is -2.29. The first kappa shape index (κ1) is 24.0. The summed E-state index contributed by atoms with van der Waals surface area (Å²) in [5, 5.41) is 10.6. The van der Waals surface area contributed by atoms with Crippen molar-refractivity contribution in [3.63, 3.8) is 0 Å². The van der Waals surface area contributed by atoms with Crippen molar-refractivity contribution < 1.29 is 9.13 Å². The minimum absolute atomic E-state index is 0.248. The zero-order valence-corrected chi connectivity index (χ0v) is 20.6. The summed E-state index contributed by atoms with van der Waals surface area (Å²) in [5.74, 6) is 2.00. The molecular weight excluding hydrogens is 465 g/mol. The van der Waals surface area contributed by atoms with Gasteiger partial charge in [-0.1, -0.05) is 29.8 Å². The van der Waals surface area contributed by atoms with Gasteiger partial charge in [0.15, 0.2) is 0 Å². The van der Waals surface area contributed by atoms with Gasteiger partial charge in [-0.25, -0.2) is 14.4 Å². The first-order chi connectivity index (χ1) is 17.1. The minimum Gasteiger partial charge on any atom is -0.367 e. The third-order valence-corrected chi connectivity index (χ3v) is 7.18. The Morgan fingerprint density at radius 1 is 1.06 bits per heavy atom. The standard InChI is InChI=1S/C27H31ClFN5O/c1-30-27-24(35-27)13-17-8-10-20(11-9-17)33-26-14-21(22(28)16-32-26)23-6-3-7-25(34-23)31-15-18-4-2-5-19(29)12-18/h2-7,12,14,16-17,20,24,27,30H,8-11,13,15H2,1H3,(H,31,34)(H,32,33). The molecule has 0 bridgehead atoms. The van der Waals surface area contributed by atoms with Crippen LogP contribution in [0, 0.1) is 11.7 Å². The van der Waals surface area contributed by atoms with Crippen LogP contribution < -0.4 is 16.0 Å². The molecule has 0 spiro atoms. The van der Waals surface area contributed by atoms with Crippen LogP contribution in [0.4, 0.5) is 16.0 Å². The van der Waals surface area contributed by atoms with Crippen molar-refractivity contribution in [2.24, 2.45) is 5.92 Å². The van der Waals surface area contributed by atoms with Gasteiger partial charge < -0.3 is 15.4 Å². The van der Waals surface area contributed by atoms with E-state index in [0.29, 0.717) is 29.5 Å². The lowest BCUT2D eigenvalue weighted by molar-refractivity contribution is 0.277. The van der Waals surface area contributed by atoms with Crippen molar-refractivity contribution >= 4 is 23.2 Å².